The average molecular weight is 337 g/mol. The first-order valence-corrected chi connectivity index (χ1v) is 9.10. The van der Waals surface area contributed by atoms with E-state index < -0.39 is 0 Å². The molecular weight excluding hydrogens is 310 g/mol. The molecule has 132 valence electrons. The van der Waals surface area contributed by atoms with Crippen LogP contribution in [0.4, 0.5) is 0 Å². The van der Waals surface area contributed by atoms with E-state index in [0.717, 1.165) is 43.9 Å². The second-order valence-corrected chi connectivity index (χ2v) is 6.55. The summed E-state index contributed by atoms with van der Waals surface area (Å²) in [5.74, 6) is -0.0121. The van der Waals surface area contributed by atoms with Gasteiger partial charge in [-0.05, 0) is 47.5 Å². The van der Waals surface area contributed by atoms with Crippen molar-refractivity contribution >= 4 is 5.91 Å². The number of carbonyl (C=O) groups is 1. The van der Waals surface area contributed by atoms with Crippen LogP contribution in [0.2, 0.25) is 0 Å². The Labute approximate surface area is 150 Å². The predicted molar refractivity (Wildman–Crippen MR) is 101 cm³/mol. The fraction of sp³-hybridized carbons (Fsp3) is 0.381. The van der Waals surface area contributed by atoms with Gasteiger partial charge in [0.05, 0.1) is 0 Å². The summed E-state index contributed by atoms with van der Waals surface area (Å²) in [7, 11) is 0. The van der Waals surface area contributed by atoms with Gasteiger partial charge in [0.25, 0.3) is 5.91 Å². The summed E-state index contributed by atoms with van der Waals surface area (Å²) in [6.45, 7) is 9.77. The fourth-order valence-electron chi connectivity index (χ4n) is 3.19. The molecule has 1 amide bonds. The van der Waals surface area contributed by atoms with Crippen LogP contribution in [0.25, 0.3) is 0 Å². The van der Waals surface area contributed by atoms with Crippen LogP contribution in [-0.2, 0) is 26.2 Å². The van der Waals surface area contributed by atoms with Crippen molar-refractivity contribution in [3.05, 3.63) is 70.3 Å². The van der Waals surface area contributed by atoms with E-state index in [1.165, 1.54) is 16.7 Å². The second-order valence-electron chi connectivity index (χ2n) is 6.55. The minimum absolute atomic E-state index is 0.0121. The van der Waals surface area contributed by atoms with Gasteiger partial charge in [0.15, 0.2) is 0 Å². The molecule has 0 fully saturated rings. The van der Waals surface area contributed by atoms with Crippen LogP contribution in [0.3, 0.4) is 0 Å². The van der Waals surface area contributed by atoms with Crippen molar-refractivity contribution in [1.82, 2.24) is 15.5 Å². The van der Waals surface area contributed by atoms with Gasteiger partial charge < -0.3 is 10.6 Å². The van der Waals surface area contributed by atoms with Crippen LogP contribution in [0.15, 0.2) is 42.5 Å². The molecule has 0 unspecified atom stereocenters. The normalized spacial score (nSPS) is 13.1. The molecule has 4 heteroatoms. The average Bonchev–Trinajstić information content (AvgIpc) is 3.12. The summed E-state index contributed by atoms with van der Waals surface area (Å²) in [5, 5.41) is 6.32. The Hall–Kier alpha value is -2.17. The predicted octanol–water partition coefficient (Wildman–Crippen LogP) is 3.06. The van der Waals surface area contributed by atoms with E-state index in [1.807, 2.05) is 18.2 Å². The van der Waals surface area contributed by atoms with E-state index >= 15 is 0 Å². The molecule has 2 N–H and O–H groups in total. The van der Waals surface area contributed by atoms with Crippen LogP contribution in [0.5, 0.6) is 0 Å². The molecule has 1 heterocycles. The highest BCUT2D eigenvalue weighted by molar-refractivity contribution is 5.94. The molecule has 2 aromatic rings. The van der Waals surface area contributed by atoms with Gasteiger partial charge in [0.1, 0.15) is 0 Å². The Balaban J connectivity index is 1.55. The summed E-state index contributed by atoms with van der Waals surface area (Å²) >= 11 is 0. The smallest absolute Gasteiger partial charge is 0.251 e. The maximum Gasteiger partial charge on any atom is 0.251 e. The Morgan fingerprint density at radius 2 is 1.68 bits per heavy atom. The van der Waals surface area contributed by atoms with Gasteiger partial charge in [0.2, 0.25) is 0 Å². The summed E-state index contributed by atoms with van der Waals surface area (Å²) in [6, 6.07) is 14.5. The Morgan fingerprint density at radius 3 is 2.40 bits per heavy atom. The van der Waals surface area contributed by atoms with Crippen molar-refractivity contribution in [1.29, 1.82) is 0 Å². The zero-order valence-electron chi connectivity index (χ0n) is 15.1. The van der Waals surface area contributed by atoms with E-state index in [-0.39, 0.29) is 5.91 Å². The molecule has 0 aromatic heterocycles. The van der Waals surface area contributed by atoms with Crippen LogP contribution in [-0.4, -0.2) is 23.9 Å². The highest BCUT2D eigenvalue weighted by Gasteiger charge is 2.13. The molecule has 4 nitrogen and oxygen atoms in total. The number of hydrogen-bond acceptors (Lipinski definition) is 3. The number of benzene rings is 2. The van der Waals surface area contributed by atoms with E-state index in [4.69, 9.17) is 0 Å². The first-order chi connectivity index (χ1) is 12.2. The highest BCUT2D eigenvalue weighted by atomic mass is 16.1. The highest BCUT2D eigenvalue weighted by Crippen LogP contribution is 2.17. The molecule has 25 heavy (non-hydrogen) atoms. The Kier molecular flexibility index (Phi) is 5.84. The van der Waals surface area contributed by atoms with E-state index in [1.54, 1.807) is 0 Å². The lowest BCUT2D eigenvalue weighted by atomic mass is 10.1. The maximum atomic E-state index is 12.4. The number of hydrogen-bond donors (Lipinski definition) is 2. The van der Waals surface area contributed by atoms with Crippen molar-refractivity contribution in [3.63, 3.8) is 0 Å². The minimum Gasteiger partial charge on any atom is -0.348 e. The molecule has 0 aliphatic carbocycles. The molecule has 0 bridgehead atoms. The first-order valence-electron chi connectivity index (χ1n) is 9.10. The third kappa shape index (κ3) is 4.47. The van der Waals surface area contributed by atoms with Gasteiger partial charge >= 0.3 is 0 Å². The van der Waals surface area contributed by atoms with E-state index in [9.17, 15) is 4.79 Å². The lowest BCUT2D eigenvalue weighted by molar-refractivity contribution is 0.0951. The van der Waals surface area contributed by atoms with Crippen molar-refractivity contribution < 1.29 is 4.79 Å². The minimum atomic E-state index is -0.0121. The van der Waals surface area contributed by atoms with Crippen LogP contribution < -0.4 is 10.6 Å². The summed E-state index contributed by atoms with van der Waals surface area (Å²) < 4.78 is 0. The lowest BCUT2D eigenvalue weighted by Gasteiger charge is -2.18. The number of amides is 1. The molecule has 2 aromatic carbocycles. The molecule has 0 spiro atoms. The summed E-state index contributed by atoms with van der Waals surface area (Å²) in [5.41, 5.74) is 5.69. The number of nitrogens with one attached hydrogen (secondary N) is 2. The fourth-order valence-corrected chi connectivity index (χ4v) is 3.19. The third-order valence-electron chi connectivity index (χ3n) is 4.88. The van der Waals surface area contributed by atoms with Gasteiger partial charge in [-0.15, -0.1) is 0 Å². The van der Waals surface area contributed by atoms with E-state index in [0.29, 0.717) is 6.54 Å². The van der Waals surface area contributed by atoms with Gasteiger partial charge in [-0.2, -0.15) is 0 Å². The lowest BCUT2D eigenvalue weighted by Crippen LogP contribution is -2.23. The standard InChI is InChI=1S/C21H27N3O/c1-3-24(4-2)15-17-7-5-16(6-8-17)12-23-21(25)18-9-10-19-13-22-14-20(19)11-18/h5-11,22H,3-4,12-15H2,1-2H3,(H,23,25). The largest absolute Gasteiger partial charge is 0.348 e. The molecule has 0 atom stereocenters. The second kappa shape index (κ2) is 8.28. The molecule has 0 saturated heterocycles. The van der Waals surface area contributed by atoms with Gasteiger partial charge in [-0.25, -0.2) is 0 Å². The number of carbonyl (C=O) groups excluding carboxylic acids is 1. The SMILES string of the molecule is CCN(CC)Cc1ccc(CNC(=O)c2ccc3c(c2)CNC3)cc1. The van der Waals surface area contributed by atoms with Gasteiger partial charge in [-0.1, -0.05) is 44.2 Å². The molecule has 1 aliphatic rings. The van der Waals surface area contributed by atoms with Crippen LogP contribution >= 0.6 is 0 Å². The molecule has 1 aliphatic heterocycles. The van der Waals surface area contributed by atoms with Gasteiger partial charge in [-0.3, -0.25) is 9.69 Å². The number of rotatable bonds is 7. The molecule has 0 saturated carbocycles. The number of nitrogens with zero attached hydrogens (tertiary/aromatic N) is 1. The molecule has 3 rings (SSSR count). The quantitative estimate of drug-likeness (QED) is 0.816. The number of fused-ring (bicyclic) bond motifs is 1. The zero-order chi connectivity index (χ0) is 17.6. The van der Waals surface area contributed by atoms with Gasteiger partial charge in [0, 0.05) is 31.7 Å². The molecule has 0 radical (unpaired) electrons. The zero-order valence-corrected chi connectivity index (χ0v) is 15.1. The van der Waals surface area contributed by atoms with Crippen molar-refractivity contribution in [2.75, 3.05) is 13.1 Å². The van der Waals surface area contributed by atoms with Crippen molar-refractivity contribution in [2.24, 2.45) is 0 Å². The first kappa shape index (κ1) is 17.6. The molecular formula is C21H27N3O. The van der Waals surface area contributed by atoms with Crippen molar-refractivity contribution in [3.8, 4) is 0 Å². The monoisotopic (exact) mass is 337 g/mol. The maximum absolute atomic E-state index is 12.4. The Morgan fingerprint density at radius 1 is 1.00 bits per heavy atom. The third-order valence-corrected chi connectivity index (χ3v) is 4.88. The Bertz CT molecular complexity index is 720. The summed E-state index contributed by atoms with van der Waals surface area (Å²) in [6.07, 6.45) is 0. The van der Waals surface area contributed by atoms with Crippen LogP contribution in [0.1, 0.15) is 46.5 Å². The summed E-state index contributed by atoms with van der Waals surface area (Å²) in [4.78, 5) is 14.8. The van der Waals surface area contributed by atoms with E-state index in [2.05, 4.69) is 53.6 Å². The van der Waals surface area contributed by atoms with Crippen LogP contribution in [0, 0.1) is 0 Å². The topological polar surface area (TPSA) is 44.4 Å². The van der Waals surface area contributed by atoms with Crippen molar-refractivity contribution in [2.45, 2.75) is 40.0 Å².